The van der Waals surface area contributed by atoms with Crippen LogP contribution in [0.4, 0.5) is 17.1 Å². The van der Waals surface area contributed by atoms with Crippen molar-refractivity contribution in [3.05, 3.63) is 76.8 Å². The van der Waals surface area contributed by atoms with Crippen LogP contribution in [0.5, 0.6) is 0 Å². The van der Waals surface area contributed by atoms with Crippen molar-refractivity contribution < 1.29 is 14.5 Å². The van der Waals surface area contributed by atoms with Crippen molar-refractivity contribution in [1.29, 1.82) is 0 Å². The molecule has 3 aromatic carbocycles. The van der Waals surface area contributed by atoms with Crippen molar-refractivity contribution in [2.75, 3.05) is 10.6 Å². The molecule has 0 aromatic heterocycles. The van der Waals surface area contributed by atoms with Gasteiger partial charge >= 0.3 is 11.8 Å². The van der Waals surface area contributed by atoms with Crippen LogP contribution in [0.15, 0.2) is 66.7 Å². The molecule has 0 aliphatic heterocycles. The minimum atomic E-state index is -0.909. The normalized spacial score (nSPS) is 10.2. The summed E-state index contributed by atoms with van der Waals surface area (Å²) >= 11 is 0. The lowest BCUT2D eigenvalue weighted by molar-refractivity contribution is -0.384. The summed E-state index contributed by atoms with van der Waals surface area (Å²) in [5.41, 5.74) is 0.511. The molecule has 0 fully saturated rings. The van der Waals surface area contributed by atoms with Gasteiger partial charge in [-0.25, -0.2) is 0 Å². The molecule has 0 spiro atoms. The number of hydrogen-bond acceptors (Lipinski definition) is 4. The highest BCUT2D eigenvalue weighted by molar-refractivity contribution is 6.44. The van der Waals surface area contributed by atoms with Gasteiger partial charge in [0, 0.05) is 28.9 Å². The lowest BCUT2D eigenvalue weighted by atomic mass is 10.1. The zero-order chi connectivity index (χ0) is 17.8. The smallest absolute Gasteiger partial charge is 0.314 e. The fourth-order valence-corrected chi connectivity index (χ4v) is 2.40. The van der Waals surface area contributed by atoms with E-state index in [-0.39, 0.29) is 11.4 Å². The summed E-state index contributed by atoms with van der Waals surface area (Å²) in [7, 11) is 0. The van der Waals surface area contributed by atoms with Gasteiger partial charge in [-0.3, -0.25) is 19.7 Å². The first-order valence-corrected chi connectivity index (χ1v) is 7.39. The summed E-state index contributed by atoms with van der Waals surface area (Å²) in [5.74, 6) is -1.77. The van der Waals surface area contributed by atoms with E-state index in [0.29, 0.717) is 5.69 Å². The van der Waals surface area contributed by atoms with Gasteiger partial charge in [0.15, 0.2) is 0 Å². The van der Waals surface area contributed by atoms with Gasteiger partial charge in [0.1, 0.15) is 0 Å². The van der Waals surface area contributed by atoms with Crippen molar-refractivity contribution in [3.8, 4) is 0 Å². The Labute approximate surface area is 142 Å². The Hall–Kier alpha value is -3.74. The van der Waals surface area contributed by atoms with Crippen molar-refractivity contribution in [2.45, 2.75) is 0 Å². The Kier molecular flexibility index (Phi) is 4.38. The van der Waals surface area contributed by atoms with E-state index in [1.807, 2.05) is 30.3 Å². The molecule has 0 aliphatic rings. The number of carbonyl (C=O) groups excluding carboxylic acids is 2. The van der Waals surface area contributed by atoms with E-state index >= 15 is 0 Å². The summed E-state index contributed by atoms with van der Waals surface area (Å²) in [6, 6.07) is 18.2. The number of fused-ring (bicyclic) bond motifs is 1. The summed E-state index contributed by atoms with van der Waals surface area (Å²) in [5, 5.41) is 17.4. The number of amides is 2. The van der Waals surface area contributed by atoms with Gasteiger partial charge in [-0.05, 0) is 17.5 Å². The molecule has 0 bridgehead atoms. The minimum absolute atomic E-state index is 0.173. The SMILES string of the molecule is O=C(Nc1cccc([N+](=O)[O-])c1)C(=O)Nc1cccc2ccccc12. The van der Waals surface area contributed by atoms with Gasteiger partial charge in [-0.2, -0.15) is 0 Å². The molecule has 3 aromatic rings. The first-order chi connectivity index (χ1) is 12.0. The Morgan fingerprint density at radius 1 is 0.840 bits per heavy atom. The number of hydrogen-bond donors (Lipinski definition) is 2. The van der Waals surface area contributed by atoms with Crippen LogP contribution < -0.4 is 10.6 Å². The van der Waals surface area contributed by atoms with Crippen LogP contribution in [0.2, 0.25) is 0 Å². The number of nitrogens with zero attached hydrogens (tertiary/aromatic N) is 1. The lowest BCUT2D eigenvalue weighted by Crippen LogP contribution is -2.29. The van der Waals surface area contributed by atoms with Gasteiger partial charge < -0.3 is 10.6 Å². The highest BCUT2D eigenvalue weighted by Gasteiger charge is 2.16. The molecule has 0 saturated heterocycles. The number of carbonyl (C=O) groups is 2. The Morgan fingerprint density at radius 2 is 1.52 bits per heavy atom. The summed E-state index contributed by atoms with van der Waals surface area (Å²) in [6.07, 6.45) is 0. The maximum absolute atomic E-state index is 12.1. The van der Waals surface area contributed by atoms with Crippen LogP contribution in [-0.2, 0) is 9.59 Å². The molecule has 3 rings (SSSR count). The highest BCUT2D eigenvalue weighted by atomic mass is 16.6. The fraction of sp³-hybridized carbons (Fsp3) is 0. The molecular weight excluding hydrogens is 322 g/mol. The third-order valence-corrected chi connectivity index (χ3v) is 3.56. The first kappa shape index (κ1) is 16.1. The highest BCUT2D eigenvalue weighted by Crippen LogP contribution is 2.23. The molecule has 0 heterocycles. The fourth-order valence-electron chi connectivity index (χ4n) is 2.40. The standard InChI is InChI=1S/C18H13N3O4/c22-17(19-13-7-4-8-14(11-13)21(24)25)18(23)20-16-10-3-6-12-5-1-2-9-15(12)16/h1-11H,(H,19,22)(H,20,23). The quantitative estimate of drug-likeness (QED) is 0.435. The number of benzene rings is 3. The Morgan fingerprint density at radius 3 is 2.32 bits per heavy atom. The second-order valence-electron chi connectivity index (χ2n) is 5.24. The first-order valence-electron chi connectivity index (χ1n) is 7.39. The van der Waals surface area contributed by atoms with E-state index in [0.717, 1.165) is 10.8 Å². The number of nitrogens with one attached hydrogen (secondary N) is 2. The molecule has 124 valence electrons. The Balaban J connectivity index is 1.76. The van der Waals surface area contributed by atoms with E-state index in [9.17, 15) is 19.7 Å². The maximum Gasteiger partial charge on any atom is 0.314 e. The summed E-state index contributed by atoms with van der Waals surface area (Å²) in [6.45, 7) is 0. The van der Waals surface area contributed by atoms with Crippen LogP contribution in [0.25, 0.3) is 10.8 Å². The molecule has 0 radical (unpaired) electrons. The van der Waals surface area contributed by atoms with E-state index in [1.54, 1.807) is 12.1 Å². The van der Waals surface area contributed by atoms with Crippen LogP contribution in [-0.4, -0.2) is 16.7 Å². The second kappa shape index (κ2) is 6.79. The third-order valence-electron chi connectivity index (χ3n) is 3.56. The third kappa shape index (κ3) is 3.61. The molecule has 0 atom stereocenters. The van der Waals surface area contributed by atoms with Crippen molar-refractivity contribution >= 4 is 39.6 Å². The number of non-ortho nitro benzene ring substituents is 1. The van der Waals surface area contributed by atoms with Crippen molar-refractivity contribution in [1.82, 2.24) is 0 Å². The number of anilines is 2. The van der Waals surface area contributed by atoms with Crippen LogP contribution >= 0.6 is 0 Å². The average molecular weight is 335 g/mol. The predicted octanol–water partition coefficient (Wildman–Crippen LogP) is 3.33. The molecule has 0 unspecified atom stereocenters. The van der Waals surface area contributed by atoms with Gasteiger partial charge in [0.05, 0.1) is 4.92 Å². The summed E-state index contributed by atoms with van der Waals surface area (Å²) < 4.78 is 0. The van der Waals surface area contributed by atoms with Gasteiger partial charge in [0.25, 0.3) is 5.69 Å². The molecule has 0 saturated carbocycles. The summed E-state index contributed by atoms with van der Waals surface area (Å²) in [4.78, 5) is 34.3. The van der Waals surface area contributed by atoms with Gasteiger partial charge in [-0.15, -0.1) is 0 Å². The van der Waals surface area contributed by atoms with Crippen LogP contribution in [0.3, 0.4) is 0 Å². The maximum atomic E-state index is 12.1. The van der Waals surface area contributed by atoms with Crippen LogP contribution in [0, 0.1) is 10.1 Å². The van der Waals surface area contributed by atoms with E-state index in [2.05, 4.69) is 10.6 Å². The van der Waals surface area contributed by atoms with E-state index in [1.165, 1.54) is 24.3 Å². The molecule has 7 nitrogen and oxygen atoms in total. The monoisotopic (exact) mass is 335 g/mol. The van der Waals surface area contributed by atoms with Crippen molar-refractivity contribution in [3.63, 3.8) is 0 Å². The molecule has 2 amide bonds. The minimum Gasteiger partial charge on any atom is -0.318 e. The van der Waals surface area contributed by atoms with Crippen LogP contribution in [0.1, 0.15) is 0 Å². The zero-order valence-electron chi connectivity index (χ0n) is 12.9. The predicted molar refractivity (Wildman–Crippen MR) is 94.3 cm³/mol. The van der Waals surface area contributed by atoms with E-state index in [4.69, 9.17) is 0 Å². The zero-order valence-corrected chi connectivity index (χ0v) is 12.9. The van der Waals surface area contributed by atoms with E-state index < -0.39 is 16.7 Å². The second-order valence-corrected chi connectivity index (χ2v) is 5.24. The molecular formula is C18H13N3O4. The van der Waals surface area contributed by atoms with Crippen molar-refractivity contribution in [2.24, 2.45) is 0 Å². The number of nitro benzene ring substituents is 1. The molecule has 25 heavy (non-hydrogen) atoms. The molecule has 7 heteroatoms. The Bertz CT molecular complexity index is 979. The largest absolute Gasteiger partial charge is 0.318 e. The lowest BCUT2D eigenvalue weighted by Gasteiger charge is -2.09. The molecule has 2 N–H and O–H groups in total. The average Bonchev–Trinajstić information content (AvgIpc) is 2.62. The molecule has 0 aliphatic carbocycles. The number of rotatable bonds is 3. The number of nitro groups is 1. The van der Waals surface area contributed by atoms with Gasteiger partial charge in [0.2, 0.25) is 0 Å². The van der Waals surface area contributed by atoms with Gasteiger partial charge in [-0.1, -0.05) is 42.5 Å². The topological polar surface area (TPSA) is 101 Å².